The van der Waals surface area contributed by atoms with Crippen LogP contribution in [0.4, 0.5) is 5.82 Å². The topological polar surface area (TPSA) is 64.9 Å². The average Bonchev–Trinajstić information content (AvgIpc) is 2.18. The molecule has 1 aromatic heterocycles. The third-order valence-electron chi connectivity index (χ3n) is 2.55. The van der Waals surface area contributed by atoms with Crippen LogP contribution in [-0.4, -0.2) is 11.0 Å². The van der Waals surface area contributed by atoms with Crippen molar-refractivity contribution in [1.82, 2.24) is 4.98 Å². The van der Waals surface area contributed by atoms with Gasteiger partial charge in [-0.15, -0.1) is 0 Å². The van der Waals surface area contributed by atoms with Gasteiger partial charge in [-0.25, -0.2) is 4.98 Å². The molecule has 0 aliphatic heterocycles. The second-order valence-electron chi connectivity index (χ2n) is 4.03. The Kier molecular flexibility index (Phi) is 5.12. The molecule has 1 aromatic rings. The van der Waals surface area contributed by atoms with Crippen molar-refractivity contribution in [1.29, 1.82) is 0 Å². The molecule has 1 heterocycles. The largest absolute Gasteiger partial charge is 0.384 e. The van der Waals surface area contributed by atoms with Crippen molar-refractivity contribution in [2.45, 2.75) is 45.1 Å². The normalized spacial score (nSPS) is 12.7. The minimum atomic E-state index is 0.356. The van der Waals surface area contributed by atoms with E-state index in [0.29, 0.717) is 11.9 Å². The van der Waals surface area contributed by atoms with Gasteiger partial charge in [-0.1, -0.05) is 13.3 Å². The highest BCUT2D eigenvalue weighted by atomic mass is 14.8. The molecule has 3 heteroatoms. The van der Waals surface area contributed by atoms with Crippen LogP contribution in [0.5, 0.6) is 0 Å². The lowest BCUT2D eigenvalue weighted by molar-refractivity contribution is 0.539. The number of rotatable bonds is 6. The average molecular weight is 207 g/mol. The van der Waals surface area contributed by atoms with E-state index in [1.54, 1.807) is 6.20 Å². The lowest BCUT2D eigenvalue weighted by atomic mass is 10.0. The number of aromatic nitrogens is 1. The molecular weight excluding hydrogens is 186 g/mol. The number of hydrogen-bond donors (Lipinski definition) is 2. The van der Waals surface area contributed by atoms with Gasteiger partial charge in [0.15, 0.2) is 0 Å². The van der Waals surface area contributed by atoms with Crippen LogP contribution in [0.1, 0.15) is 38.2 Å². The Morgan fingerprint density at radius 2 is 2.20 bits per heavy atom. The summed E-state index contributed by atoms with van der Waals surface area (Å²) in [6.45, 7) is 2.17. The number of nitrogens with two attached hydrogens (primary N) is 2. The van der Waals surface area contributed by atoms with Crippen molar-refractivity contribution >= 4 is 5.82 Å². The van der Waals surface area contributed by atoms with Gasteiger partial charge in [0, 0.05) is 12.2 Å². The highest BCUT2D eigenvalue weighted by Gasteiger charge is 2.01. The molecule has 15 heavy (non-hydrogen) atoms. The predicted molar refractivity (Wildman–Crippen MR) is 64.5 cm³/mol. The second-order valence-corrected chi connectivity index (χ2v) is 4.03. The SMILES string of the molecule is CCCC(N)CCCc1ccnc(N)c1. The molecule has 84 valence electrons. The van der Waals surface area contributed by atoms with E-state index in [1.165, 1.54) is 12.0 Å². The number of hydrogen-bond acceptors (Lipinski definition) is 3. The fourth-order valence-corrected chi connectivity index (χ4v) is 1.73. The van der Waals surface area contributed by atoms with Gasteiger partial charge in [0.2, 0.25) is 0 Å². The summed E-state index contributed by atoms with van der Waals surface area (Å²) in [5, 5.41) is 0. The van der Waals surface area contributed by atoms with E-state index >= 15 is 0 Å². The zero-order valence-corrected chi connectivity index (χ0v) is 9.45. The summed E-state index contributed by atoms with van der Waals surface area (Å²) >= 11 is 0. The Hall–Kier alpha value is -1.09. The van der Waals surface area contributed by atoms with Crippen LogP contribution in [0.15, 0.2) is 18.3 Å². The van der Waals surface area contributed by atoms with Crippen molar-refractivity contribution in [3.05, 3.63) is 23.9 Å². The maximum atomic E-state index is 5.94. The number of aryl methyl sites for hydroxylation is 1. The van der Waals surface area contributed by atoms with Gasteiger partial charge in [-0.05, 0) is 43.4 Å². The molecule has 0 aliphatic carbocycles. The number of nitrogens with zero attached hydrogens (tertiary/aromatic N) is 1. The maximum Gasteiger partial charge on any atom is 0.123 e. The molecule has 4 N–H and O–H groups in total. The molecular formula is C12H21N3. The van der Waals surface area contributed by atoms with Crippen LogP contribution in [0.25, 0.3) is 0 Å². The summed E-state index contributed by atoms with van der Waals surface area (Å²) in [5.74, 6) is 0.602. The van der Waals surface area contributed by atoms with Gasteiger partial charge in [0.25, 0.3) is 0 Å². The molecule has 1 rings (SSSR count). The van der Waals surface area contributed by atoms with E-state index in [2.05, 4.69) is 11.9 Å². The highest BCUT2D eigenvalue weighted by Crippen LogP contribution is 2.09. The Bertz CT molecular complexity index is 286. The van der Waals surface area contributed by atoms with Gasteiger partial charge in [0.1, 0.15) is 5.82 Å². The lowest BCUT2D eigenvalue weighted by Gasteiger charge is -2.09. The van der Waals surface area contributed by atoms with Crippen molar-refractivity contribution in [2.24, 2.45) is 5.73 Å². The standard InChI is InChI=1S/C12H21N3/c1-2-4-11(13)6-3-5-10-7-8-15-12(14)9-10/h7-9,11H,2-6,13H2,1H3,(H2,14,15). The molecule has 0 aromatic carbocycles. The van der Waals surface area contributed by atoms with Crippen molar-refractivity contribution < 1.29 is 0 Å². The molecule has 1 unspecified atom stereocenters. The molecule has 0 amide bonds. The molecule has 0 fully saturated rings. The number of pyridine rings is 1. The maximum absolute atomic E-state index is 5.94. The van der Waals surface area contributed by atoms with Crippen molar-refractivity contribution in [2.75, 3.05) is 5.73 Å². The van der Waals surface area contributed by atoms with Gasteiger partial charge in [0.05, 0.1) is 0 Å². The minimum absolute atomic E-state index is 0.356. The zero-order valence-electron chi connectivity index (χ0n) is 9.45. The van der Waals surface area contributed by atoms with E-state index in [-0.39, 0.29) is 0 Å². The Morgan fingerprint density at radius 1 is 1.40 bits per heavy atom. The molecule has 0 saturated heterocycles. The first kappa shape index (κ1) is 12.0. The van der Waals surface area contributed by atoms with Gasteiger partial charge in [-0.3, -0.25) is 0 Å². The summed E-state index contributed by atoms with van der Waals surface area (Å²) in [4.78, 5) is 3.97. The van der Waals surface area contributed by atoms with Crippen LogP contribution < -0.4 is 11.5 Å². The fourth-order valence-electron chi connectivity index (χ4n) is 1.73. The van der Waals surface area contributed by atoms with E-state index in [4.69, 9.17) is 11.5 Å². The van der Waals surface area contributed by atoms with Crippen LogP contribution in [0, 0.1) is 0 Å². The summed E-state index contributed by atoms with van der Waals surface area (Å²) < 4.78 is 0. The smallest absolute Gasteiger partial charge is 0.123 e. The summed E-state index contributed by atoms with van der Waals surface area (Å²) in [5.41, 5.74) is 12.8. The highest BCUT2D eigenvalue weighted by molar-refractivity contribution is 5.31. The van der Waals surface area contributed by atoms with Gasteiger partial charge in [-0.2, -0.15) is 0 Å². The Morgan fingerprint density at radius 3 is 2.87 bits per heavy atom. The zero-order chi connectivity index (χ0) is 11.1. The molecule has 0 spiro atoms. The third kappa shape index (κ3) is 4.79. The number of anilines is 1. The van der Waals surface area contributed by atoms with Gasteiger partial charge < -0.3 is 11.5 Å². The first-order valence-electron chi connectivity index (χ1n) is 5.68. The minimum Gasteiger partial charge on any atom is -0.384 e. The molecule has 0 aliphatic rings. The van der Waals surface area contributed by atoms with Gasteiger partial charge >= 0.3 is 0 Å². The van der Waals surface area contributed by atoms with E-state index in [1.807, 2.05) is 12.1 Å². The lowest BCUT2D eigenvalue weighted by Crippen LogP contribution is -2.19. The van der Waals surface area contributed by atoms with Crippen molar-refractivity contribution in [3.63, 3.8) is 0 Å². The monoisotopic (exact) mass is 207 g/mol. The first-order valence-corrected chi connectivity index (χ1v) is 5.68. The molecule has 1 atom stereocenters. The summed E-state index contributed by atoms with van der Waals surface area (Å²) in [6, 6.07) is 4.31. The van der Waals surface area contributed by atoms with Crippen LogP contribution in [-0.2, 0) is 6.42 Å². The summed E-state index contributed by atoms with van der Waals surface area (Å²) in [7, 11) is 0. The van der Waals surface area contributed by atoms with Crippen LogP contribution in [0.2, 0.25) is 0 Å². The third-order valence-corrected chi connectivity index (χ3v) is 2.55. The van der Waals surface area contributed by atoms with E-state index < -0.39 is 0 Å². The Balaban J connectivity index is 2.25. The molecule has 0 saturated carbocycles. The fraction of sp³-hybridized carbons (Fsp3) is 0.583. The first-order chi connectivity index (χ1) is 7.22. The van der Waals surface area contributed by atoms with Crippen molar-refractivity contribution in [3.8, 4) is 0 Å². The number of nitrogen functional groups attached to an aromatic ring is 1. The second kappa shape index (κ2) is 6.40. The van der Waals surface area contributed by atoms with E-state index in [0.717, 1.165) is 25.7 Å². The predicted octanol–water partition coefficient (Wildman–Crippen LogP) is 2.11. The quantitative estimate of drug-likeness (QED) is 0.751. The molecule has 0 radical (unpaired) electrons. The molecule has 3 nitrogen and oxygen atoms in total. The summed E-state index contributed by atoms with van der Waals surface area (Å²) in [6.07, 6.45) is 7.32. The van der Waals surface area contributed by atoms with E-state index in [9.17, 15) is 0 Å². The molecule has 0 bridgehead atoms. The Labute approximate surface area is 91.9 Å². The van der Waals surface area contributed by atoms with Crippen LogP contribution in [0.3, 0.4) is 0 Å². The van der Waals surface area contributed by atoms with Crippen LogP contribution >= 0.6 is 0 Å².